The highest BCUT2D eigenvalue weighted by Gasteiger charge is 2.28. The van der Waals surface area contributed by atoms with Crippen LogP contribution in [0.3, 0.4) is 0 Å². The lowest BCUT2D eigenvalue weighted by Crippen LogP contribution is -2.32. The van der Waals surface area contributed by atoms with Gasteiger partial charge in [-0.3, -0.25) is 0 Å². The molecule has 0 amide bonds. The molecule has 0 bridgehead atoms. The zero-order valence-corrected chi connectivity index (χ0v) is 17.5. The van der Waals surface area contributed by atoms with Crippen molar-refractivity contribution < 1.29 is 29.6 Å². The lowest BCUT2D eigenvalue weighted by atomic mass is 9.94. The summed E-state index contributed by atoms with van der Waals surface area (Å²) >= 11 is 0. The summed E-state index contributed by atoms with van der Waals surface area (Å²) in [5.41, 5.74) is 0.989. The molecule has 6 heteroatoms. The molecule has 0 spiro atoms. The molecule has 154 valence electrons. The van der Waals surface area contributed by atoms with E-state index in [1.165, 1.54) is 0 Å². The molecule has 0 saturated carbocycles. The Hall–Kier alpha value is -2.12. The van der Waals surface area contributed by atoms with Crippen LogP contribution in [0, 0.1) is 13.8 Å². The molecule has 0 atom stereocenters. The van der Waals surface area contributed by atoms with Gasteiger partial charge in [-0.1, -0.05) is 24.3 Å². The molecule has 0 aliphatic rings. The molecule has 0 fully saturated rings. The van der Waals surface area contributed by atoms with E-state index in [0.717, 1.165) is 11.1 Å². The highest BCUT2D eigenvalue weighted by Crippen LogP contribution is 2.26. The average molecular weight is 390 g/mol. The third-order valence-electron chi connectivity index (χ3n) is 4.09. The van der Waals surface area contributed by atoms with Crippen molar-refractivity contribution in [3.63, 3.8) is 0 Å². The lowest BCUT2D eigenvalue weighted by molar-refractivity contribution is -0.508. The molecule has 0 saturated heterocycles. The van der Waals surface area contributed by atoms with Crippen LogP contribution in [0.1, 0.15) is 51.7 Å². The smallest absolute Gasteiger partial charge is 0.168 e. The molecule has 2 aromatic rings. The van der Waals surface area contributed by atoms with E-state index >= 15 is 0 Å². The van der Waals surface area contributed by atoms with Gasteiger partial charge in [0.1, 0.15) is 11.2 Å². The van der Waals surface area contributed by atoms with Gasteiger partial charge in [-0.15, -0.1) is 0 Å². The van der Waals surface area contributed by atoms with Crippen LogP contribution in [0.5, 0.6) is 11.5 Å². The van der Waals surface area contributed by atoms with E-state index in [9.17, 15) is 0 Å². The average Bonchev–Trinajstić information content (AvgIpc) is 2.60. The molecule has 0 radical (unpaired) electrons. The van der Waals surface area contributed by atoms with E-state index in [0.29, 0.717) is 24.3 Å². The fourth-order valence-corrected chi connectivity index (χ4v) is 2.32. The minimum Gasteiger partial charge on any atom is -0.308 e. The summed E-state index contributed by atoms with van der Waals surface area (Å²) in [6, 6.07) is 15.0. The number of hydrogen-bond acceptors (Lipinski definition) is 6. The van der Waals surface area contributed by atoms with Crippen LogP contribution in [0.15, 0.2) is 48.5 Å². The summed E-state index contributed by atoms with van der Waals surface area (Å²) in [4.78, 5) is 21.2. The second-order valence-electron chi connectivity index (χ2n) is 8.12. The minimum atomic E-state index is -0.581. The van der Waals surface area contributed by atoms with Crippen LogP contribution < -0.4 is 9.78 Å². The van der Waals surface area contributed by atoms with Gasteiger partial charge in [-0.2, -0.15) is 9.78 Å². The van der Waals surface area contributed by atoms with Crippen molar-refractivity contribution in [1.29, 1.82) is 0 Å². The number of hydrogen-bond donors (Lipinski definition) is 0. The summed E-state index contributed by atoms with van der Waals surface area (Å²) in [7, 11) is 0. The molecule has 28 heavy (non-hydrogen) atoms. The number of benzene rings is 2. The van der Waals surface area contributed by atoms with E-state index < -0.39 is 11.2 Å². The summed E-state index contributed by atoms with van der Waals surface area (Å²) in [5, 5.41) is 9.92. The Morgan fingerprint density at radius 2 is 1.04 bits per heavy atom. The second-order valence-corrected chi connectivity index (χ2v) is 8.12. The first kappa shape index (κ1) is 22.2. The van der Waals surface area contributed by atoms with Crippen molar-refractivity contribution in [2.24, 2.45) is 0 Å². The van der Waals surface area contributed by atoms with Gasteiger partial charge in [-0.05, 0) is 99.9 Å². The predicted octanol–water partition coefficient (Wildman–Crippen LogP) is 5.83. The molecule has 2 aromatic carbocycles. The van der Waals surface area contributed by atoms with Crippen LogP contribution >= 0.6 is 0 Å². The van der Waals surface area contributed by atoms with Gasteiger partial charge in [-0.25, -0.2) is 0 Å². The van der Waals surface area contributed by atoms with E-state index in [1.54, 1.807) is 12.1 Å². The molecule has 0 aromatic heterocycles. The van der Waals surface area contributed by atoms with E-state index in [4.69, 9.17) is 29.6 Å². The fraction of sp³-hybridized carbons (Fsp3) is 0.455. The van der Waals surface area contributed by atoms with Crippen molar-refractivity contribution in [2.45, 2.75) is 65.6 Å². The topological polar surface area (TPSA) is 55.4 Å². The molecule has 0 aliphatic heterocycles. The first-order valence-electron chi connectivity index (χ1n) is 9.33. The Morgan fingerprint density at radius 1 is 0.643 bits per heavy atom. The molecular weight excluding hydrogens is 360 g/mol. The minimum absolute atomic E-state index is 0.581. The molecular formula is C22H30O6. The van der Waals surface area contributed by atoms with Gasteiger partial charge in [0.25, 0.3) is 0 Å². The SMILES string of the molecule is Cc1cccc(OOOC(C)(C)CCC(C)(C)OOOc2cccc(C)c2)c1. The standard InChI is InChI=1S/C22H30O6/c1-17-9-7-11-19(15-17)23-27-25-21(3,4)13-14-22(5,6)26-28-24-20-12-8-10-18(2)16-20/h7-12,15-16H,13-14H2,1-6H3. The molecule has 0 aliphatic carbocycles. The van der Waals surface area contributed by atoms with Crippen LogP contribution in [0.25, 0.3) is 0 Å². The monoisotopic (exact) mass is 390 g/mol. The van der Waals surface area contributed by atoms with Gasteiger partial charge >= 0.3 is 0 Å². The zero-order valence-electron chi connectivity index (χ0n) is 17.5. The van der Waals surface area contributed by atoms with E-state index in [-0.39, 0.29) is 0 Å². The van der Waals surface area contributed by atoms with Crippen molar-refractivity contribution in [3.8, 4) is 11.5 Å². The van der Waals surface area contributed by atoms with E-state index in [2.05, 4.69) is 0 Å². The van der Waals surface area contributed by atoms with Crippen LogP contribution in [0.4, 0.5) is 0 Å². The van der Waals surface area contributed by atoms with Gasteiger partial charge < -0.3 is 9.78 Å². The summed E-state index contributed by atoms with van der Waals surface area (Å²) in [5.74, 6) is 1.17. The van der Waals surface area contributed by atoms with Gasteiger partial charge in [0.05, 0.1) is 0 Å². The second kappa shape index (κ2) is 9.89. The van der Waals surface area contributed by atoms with Crippen LogP contribution in [-0.2, 0) is 19.9 Å². The fourth-order valence-electron chi connectivity index (χ4n) is 2.32. The highest BCUT2D eigenvalue weighted by atomic mass is 17.5. The first-order chi connectivity index (χ1) is 13.2. The Balaban J connectivity index is 1.70. The van der Waals surface area contributed by atoms with Gasteiger partial charge in [0, 0.05) is 0 Å². The molecule has 0 unspecified atom stereocenters. The predicted molar refractivity (Wildman–Crippen MR) is 105 cm³/mol. The maximum Gasteiger partial charge on any atom is 0.168 e. The molecule has 0 heterocycles. The number of rotatable bonds is 11. The lowest BCUT2D eigenvalue weighted by Gasteiger charge is -2.28. The molecule has 2 rings (SSSR count). The summed E-state index contributed by atoms with van der Waals surface area (Å²) < 4.78 is 0. The van der Waals surface area contributed by atoms with Crippen molar-refractivity contribution in [2.75, 3.05) is 0 Å². The zero-order chi connectivity index (χ0) is 20.6. The number of aryl methyl sites for hydroxylation is 2. The Kier molecular flexibility index (Phi) is 7.83. The normalized spacial score (nSPS) is 12.1. The van der Waals surface area contributed by atoms with Crippen LogP contribution in [0.2, 0.25) is 0 Å². The first-order valence-corrected chi connectivity index (χ1v) is 9.33. The quantitative estimate of drug-likeness (QED) is 0.356. The molecule has 6 nitrogen and oxygen atoms in total. The third kappa shape index (κ3) is 8.27. The molecule has 0 N–H and O–H groups in total. The van der Waals surface area contributed by atoms with Crippen molar-refractivity contribution in [1.82, 2.24) is 0 Å². The van der Waals surface area contributed by atoms with E-state index in [1.807, 2.05) is 77.9 Å². The summed E-state index contributed by atoms with van der Waals surface area (Å²) in [6.45, 7) is 11.6. The Morgan fingerprint density at radius 3 is 1.39 bits per heavy atom. The Labute approximate surface area is 167 Å². The van der Waals surface area contributed by atoms with Crippen LogP contribution in [-0.4, -0.2) is 11.2 Å². The summed E-state index contributed by atoms with van der Waals surface area (Å²) in [6.07, 6.45) is 1.29. The maximum absolute atomic E-state index is 5.41. The Bertz CT molecular complexity index is 678. The highest BCUT2D eigenvalue weighted by molar-refractivity contribution is 5.27. The maximum atomic E-state index is 5.41. The van der Waals surface area contributed by atoms with Gasteiger partial charge in [0.15, 0.2) is 11.5 Å². The van der Waals surface area contributed by atoms with Crippen molar-refractivity contribution >= 4 is 0 Å². The third-order valence-corrected chi connectivity index (χ3v) is 4.09. The largest absolute Gasteiger partial charge is 0.308 e. The van der Waals surface area contributed by atoms with Gasteiger partial charge in [0.2, 0.25) is 0 Å². The van der Waals surface area contributed by atoms with Crippen molar-refractivity contribution in [3.05, 3.63) is 59.7 Å².